The van der Waals surface area contributed by atoms with E-state index in [4.69, 9.17) is 26.2 Å². The van der Waals surface area contributed by atoms with E-state index in [9.17, 15) is 14.0 Å². The summed E-state index contributed by atoms with van der Waals surface area (Å²) in [4.78, 5) is 30.1. The fourth-order valence-corrected chi connectivity index (χ4v) is 4.60. The van der Waals surface area contributed by atoms with Crippen LogP contribution in [0, 0.1) is 5.82 Å². The Balaban J connectivity index is 1.55. The van der Waals surface area contributed by atoms with E-state index in [0.717, 1.165) is 0 Å². The normalized spacial score (nSPS) is 15.6. The second-order valence-corrected chi connectivity index (χ2v) is 9.09. The number of nitrogens with zero attached hydrogens (tertiary/aromatic N) is 2. The number of halogens is 2. The average molecular weight is 527 g/mol. The number of rotatable bonds is 7. The van der Waals surface area contributed by atoms with Gasteiger partial charge in [-0.1, -0.05) is 23.7 Å². The number of aromatic carboxylic acids is 1. The van der Waals surface area contributed by atoms with Crippen LogP contribution in [-0.2, 0) is 11.4 Å². The summed E-state index contributed by atoms with van der Waals surface area (Å²) >= 11 is 7.64. The first kappa shape index (κ1) is 25.3. The number of benzene rings is 3. The molecule has 0 unspecified atom stereocenters. The summed E-state index contributed by atoms with van der Waals surface area (Å²) in [5.41, 5.74) is 1.93. The fourth-order valence-electron chi connectivity index (χ4n) is 3.34. The molecule has 10 heteroatoms. The number of amidine groups is 1. The lowest BCUT2D eigenvalue weighted by molar-refractivity contribution is -0.121. The first-order valence-corrected chi connectivity index (χ1v) is 11.8. The molecule has 7 nitrogen and oxygen atoms in total. The van der Waals surface area contributed by atoms with E-state index >= 15 is 0 Å². The van der Waals surface area contributed by atoms with Gasteiger partial charge in [0.15, 0.2) is 16.7 Å². The van der Waals surface area contributed by atoms with Gasteiger partial charge in [0, 0.05) is 7.05 Å². The van der Waals surface area contributed by atoms with Crippen molar-refractivity contribution in [3.8, 4) is 11.5 Å². The lowest BCUT2D eigenvalue weighted by Crippen LogP contribution is -2.23. The van der Waals surface area contributed by atoms with Gasteiger partial charge >= 0.3 is 5.97 Å². The van der Waals surface area contributed by atoms with Gasteiger partial charge in [0.1, 0.15) is 12.4 Å². The lowest BCUT2D eigenvalue weighted by atomic mass is 10.1. The van der Waals surface area contributed by atoms with Crippen LogP contribution in [-0.4, -0.2) is 41.2 Å². The zero-order valence-electron chi connectivity index (χ0n) is 19.2. The Bertz CT molecular complexity index is 1390. The van der Waals surface area contributed by atoms with Crippen molar-refractivity contribution >= 4 is 52.2 Å². The minimum Gasteiger partial charge on any atom is -0.493 e. The van der Waals surface area contributed by atoms with Crippen molar-refractivity contribution in [2.75, 3.05) is 14.2 Å². The highest BCUT2D eigenvalue weighted by atomic mass is 35.5. The molecule has 1 fully saturated rings. The van der Waals surface area contributed by atoms with Crippen LogP contribution >= 0.6 is 23.4 Å². The maximum Gasteiger partial charge on any atom is 0.335 e. The summed E-state index contributed by atoms with van der Waals surface area (Å²) in [5, 5.41) is 9.76. The van der Waals surface area contributed by atoms with Crippen LogP contribution in [0.15, 0.2) is 70.6 Å². The van der Waals surface area contributed by atoms with Gasteiger partial charge in [-0.25, -0.2) is 14.2 Å². The van der Waals surface area contributed by atoms with Gasteiger partial charge in [0.2, 0.25) is 0 Å². The zero-order valence-corrected chi connectivity index (χ0v) is 20.8. The third-order valence-corrected chi connectivity index (χ3v) is 6.51. The fraction of sp³-hybridized carbons (Fsp3) is 0.115. The van der Waals surface area contributed by atoms with Gasteiger partial charge in [-0.2, -0.15) is 0 Å². The quantitative estimate of drug-likeness (QED) is 0.380. The van der Waals surface area contributed by atoms with E-state index in [1.54, 1.807) is 49.5 Å². The molecule has 0 atom stereocenters. The van der Waals surface area contributed by atoms with Crippen LogP contribution in [0.2, 0.25) is 5.02 Å². The Morgan fingerprint density at radius 3 is 2.61 bits per heavy atom. The van der Waals surface area contributed by atoms with E-state index in [-0.39, 0.29) is 28.9 Å². The number of carboxylic acid groups (broad SMARTS) is 1. The van der Waals surface area contributed by atoms with Gasteiger partial charge in [-0.05, 0) is 77.5 Å². The Morgan fingerprint density at radius 1 is 1.19 bits per heavy atom. The second-order valence-electron chi connectivity index (χ2n) is 7.67. The van der Waals surface area contributed by atoms with Crippen molar-refractivity contribution in [2.24, 2.45) is 4.99 Å². The molecule has 0 bridgehead atoms. The first-order valence-electron chi connectivity index (χ1n) is 10.6. The number of likely N-dealkylation sites (N-methyl/N-ethyl adjacent to an activating group) is 1. The SMILES string of the molecule is COc1cc(/C=C2\SC(=Nc3ccc(C(=O)O)cc3)N(C)C2=O)cc(Cl)c1OCc1cccc(F)c1. The highest BCUT2D eigenvalue weighted by Gasteiger charge is 2.30. The summed E-state index contributed by atoms with van der Waals surface area (Å²) in [5.74, 6) is -0.967. The molecule has 1 aliphatic heterocycles. The Hall–Kier alpha value is -3.82. The highest BCUT2D eigenvalue weighted by molar-refractivity contribution is 8.18. The van der Waals surface area contributed by atoms with Crippen LogP contribution in [0.1, 0.15) is 21.5 Å². The number of thioether (sulfide) groups is 1. The number of carbonyl (C=O) groups is 2. The minimum absolute atomic E-state index is 0.0979. The molecule has 1 saturated heterocycles. The average Bonchev–Trinajstić information content (AvgIpc) is 3.11. The molecular weight excluding hydrogens is 507 g/mol. The third kappa shape index (κ3) is 5.69. The van der Waals surface area contributed by atoms with E-state index in [1.807, 2.05) is 0 Å². The molecule has 3 aromatic rings. The van der Waals surface area contributed by atoms with Crippen molar-refractivity contribution in [1.82, 2.24) is 4.90 Å². The lowest BCUT2D eigenvalue weighted by Gasteiger charge is -2.13. The summed E-state index contributed by atoms with van der Waals surface area (Å²) in [6.07, 6.45) is 1.67. The molecule has 3 aromatic carbocycles. The van der Waals surface area contributed by atoms with Crippen LogP contribution in [0.3, 0.4) is 0 Å². The van der Waals surface area contributed by atoms with Crippen molar-refractivity contribution in [3.05, 3.63) is 93.1 Å². The maximum atomic E-state index is 13.4. The number of ether oxygens (including phenoxy) is 2. The van der Waals surface area contributed by atoms with Crippen molar-refractivity contribution in [2.45, 2.75) is 6.61 Å². The molecule has 0 spiro atoms. The molecule has 0 aromatic heterocycles. The molecule has 36 heavy (non-hydrogen) atoms. The highest BCUT2D eigenvalue weighted by Crippen LogP contribution is 2.39. The van der Waals surface area contributed by atoms with Crippen molar-refractivity contribution in [1.29, 1.82) is 0 Å². The summed E-state index contributed by atoms with van der Waals surface area (Å²) < 4.78 is 24.7. The Morgan fingerprint density at radius 2 is 1.94 bits per heavy atom. The van der Waals surface area contributed by atoms with E-state index in [2.05, 4.69) is 4.99 Å². The third-order valence-electron chi connectivity index (χ3n) is 5.16. The number of amides is 1. The molecule has 4 rings (SSSR count). The first-order chi connectivity index (χ1) is 17.2. The number of hydrogen-bond donors (Lipinski definition) is 1. The largest absolute Gasteiger partial charge is 0.493 e. The number of hydrogen-bond acceptors (Lipinski definition) is 6. The van der Waals surface area contributed by atoms with Crippen LogP contribution < -0.4 is 9.47 Å². The maximum absolute atomic E-state index is 13.4. The molecule has 184 valence electrons. The van der Waals surface area contributed by atoms with Gasteiger partial charge in [0.05, 0.1) is 28.3 Å². The monoisotopic (exact) mass is 526 g/mol. The summed E-state index contributed by atoms with van der Waals surface area (Å²) in [6.45, 7) is 0.0979. The number of aliphatic imine (C=N–C) groups is 1. The molecule has 0 aliphatic carbocycles. The number of carboxylic acids is 1. The van der Waals surface area contributed by atoms with Gasteiger partial charge in [-0.3, -0.25) is 9.69 Å². The Labute approximate surface area is 215 Å². The topological polar surface area (TPSA) is 88.4 Å². The van der Waals surface area contributed by atoms with Gasteiger partial charge in [-0.15, -0.1) is 0 Å². The smallest absolute Gasteiger partial charge is 0.335 e. The zero-order chi connectivity index (χ0) is 25.8. The second kappa shape index (κ2) is 10.8. The van der Waals surface area contributed by atoms with E-state index in [1.165, 1.54) is 48.0 Å². The van der Waals surface area contributed by atoms with E-state index in [0.29, 0.717) is 38.4 Å². The minimum atomic E-state index is -1.03. The van der Waals surface area contributed by atoms with Crippen LogP contribution in [0.5, 0.6) is 11.5 Å². The van der Waals surface area contributed by atoms with Crippen molar-refractivity contribution in [3.63, 3.8) is 0 Å². The molecule has 0 radical (unpaired) electrons. The molecule has 1 aliphatic rings. The van der Waals surface area contributed by atoms with Crippen LogP contribution in [0.4, 0.5) is 10.1 Å². The summed E-state index contributed by atoms with van der Waals surface area (Å²) in [7, 11) is 3.08. The predicted octanol–water partition coefficient (Wildman–Crippen LogP) is 6.00. The Kier molecular flexibility index (Phi) is 7.61. The van der Waals surface area contributed by atoms with Gasteiger partial charge < -0.3 is 14.6 Å². The van der Waals surface area contributed by atoms with E-state index < -0.39 is 5.97 Å². The molecule has 0 saturated carbocycles. The van der Waals surface area contributed by atoms with Crippen molar-refractivity contribution < 1.29 is 28.6 Å². The molecular formula is C26H20ClFN2O5S. The van der Waals surface area contributed by atoms with Crippen LogP contribution in [0.25, 0.3) is 6.08 Å². The molecule has 1 heterocycles. The molecule has 1 N–H and O–H groups in total. The van der Waals surface area contributed by atoms with Gasteiger partial charge in [0.25, 0.3) is 5.91 Å². The summed E-state index contributed by atoms with van der Waals surface area (Å²) in [6, 6.07) is 15.4. The predicted molar refractivity (Wildman–Crippen MR) is 138 cm³/mol. The standard InChI is InChI=1S/C26H20ClFN2O5S/c1-30-24(31)22(36-26(30)29-19-8-6-17(7-9-19)25(32)33)13-16-11-20(27)23(21(12-16)34-2)35-14-15-4-3-5-18(28)10-15/h3-13H,14H2,1-2H3,(H,32,33)/b22-13-,29-26?. The number of carbonyl (C=O) groups excluding carboxylic acids is 1. The molecule has 1 amide bonds. The number of methoxy groups -OCH3 is 1.